The molecule has 0 bridgehead atoms. The van der Waals surface area contributed by atoms with Crippen LogP contribution >= 0.6 is 0 Å². The number of hydrogen-bond acceptors (Lipinski definition) is 14. The summed E-state index contributed by atoms with van der Waals surface area (Å²) < 4.78 is 37.1. The smallest absolute Gasteiger partial charge is 0.311 e. The topological polar surface area (TPSA) is 194 Å². The summed E-state index contributed by atoms with van der Waals surface area (Å²) in [4.78, 5) is 29.8. The van der Waals surface area contributed by atoms with Crippen LogP contribution in [0, 0.1) is 23.7 Å². The van der Waals surface area contributed by atoms with Crippen LogP contribution in [0.3, 0.4) is 0 Å². The summed E-state index contributed by atoms with van der Waals surface area (Å²) in [5.41, 5.74) is -4.84. The van der Waals surface area contributed by atoms with E-state index in [4.69, 9.17) is 28.4 Å². The van der Waals surface area contributed by atoms with Crippen LogP contribution in [-0.4, -0.2) is 148 Å². The minimum Gasteiger partial charge on any atom is -0.459 e. The fourth-order valence-electron chi connectivity index (χ4n) is 8.41. The number of rotatable bonds is 7. The number of methoxy groups -OCH3 is 1. The molecule has 298 valence electrons. The third kappa shape index (κ3) is 9.51. The van der Waals surface area contributed by atoms with E-state index in [0.29, 0.717) is 6.42 Å². The summed E-state index contributed by atoms with van der Waals surface area (Å²) >= 11 is 0. The molecular weight excluding hydrogens is 666 g/mol. The van der Waals surface area contributed by atoms with Gasteiger partial charge in [0.1, 0.15) is 29.7 Å². The van der Waals surface area contributed by atoms with Gasteiger partial charge in [-0.1, -0.05) is 27.7 Å². The highest BCUT2D eigenvalue weighted by Crippen LogP contribution is 2.40. The molecule has 3 heterocycles. The molecule has 51 heavy (non-hydrogen) atoms. The molecule has 0 aromatic heterocycles. The molecule has 0 aromatic carbocycles. The molecule has 0 spiro atoms. The number of aliphatic hydroxyl groups excluding tert-OH is 3. The Kier molecular flexibility index (Phi) is 14.7. The first-order valence-corrected chi connectivity index (χ1v) is 18.5. The minimum absolute atomic E-state index is 0.0936. The zero-order valence-corrected chi connectivity index (χ0v) is 32.9. The van der Waals surface area contributed by atoms with Gasteiger partial charge in [0.2, 0.25) is 0 Å². The van der Waals surface area contributed by atoms with Gasteiger partial charge in [0.15, 0.2) is 12.6 Å². The lowest BCUT2D eigenvalue weighted by atomic mass is 9.74. The Morgan fingerprint density at radius 1 is 0.882 bits per heavy atom. The van der Waals surface area contributed by atoms with Crippen LogP contribution in [0.2, 0.25) is 0 Å². The fraction of sp³-hybridized carbons (Fsp3) is 0.946. The lowest BCUT2D eigenvalue weighted by Gasteiger charge is -2.49. The van der Waals surface area contributed by atoms with Crippen LogP contribution in [0.25, 0.3) is 0 Å². The minimum atomic E-state index is -1.99. The quantitative estimate of drug-likeness (QED) is 0.238. The molecule has 3 aliphatic heterocycles. The summed E-state index contributed by atoms with van der Waals surface area (Å²) in [6, 6.07) is -0.324. The number of nitrogens with zero attached hydrogens (tertiary/aromatic N) is 1. The molecule has 0 aliphatic carbocycles. The molecule has 3 aliphatic rings. The van der Waals surface area contributed by atoms with Crippen LogP contribution < -0.4 is 0 Å². The van der Waals surface area contributed by atoms with Crippen molar-refractivity contribution in [3.8, 4) is 0 Å². The van der Waals surface area contributed by atoms with Crippen molar-refractivity contribution in [2.75, 3.05) is 21.2 Å². The van der Waals surface area contributed by atoms with E-state index >= 15 is 0 Å². The predicted octanol–water partition coefficient (Wildman–Crippen LogP) is 1.79. The molecular formula is C37H67NO13. The van der Waals surface area contributed by atoms with Gasteiger partial charge in [-0.25, -0.2) is 0 Å². The van der Waals surface area contributed by atoms with Crippen LogP contribution in [-0.2, 0) is 38.0 Å². The zero-order valence-electron chi connectivity index (χ0n) is 32.9. The fourth-order valence-corrected chi connectivity index (χ4v) is 8.41. The highest BCUT2D eigenvalue weighted by atomic mass is 16.7. The molecule has 0 radical (unpaired) electrons. The van der Waals surface area contributed by atoms with Gasteiger partial charge in [-0.2, -0.15) is 0 Å². The zero-order chi connectivity index (χ0) is 39.0. The average Bonchev–Trinajstić information content (AvgIpc) is 3.05. The molecule has 3 rings (SSSR count). The van der Waals surface area contributed by atoms with Crippen molar-refractivity contribution >= 4 is 11.8 Å². The number of ether oxygens (including phenoxy) is 6. The molecule has 0 saturated carbocycles. The van der Waals surface area contributed by atoms with Crippen LogP contribution in [0.15, 0.2) is 0 Å². The average molecular weight is 734 g/mol. The molecule has 3 saturated heterocycles. The molecule has 18 atom stereocenters. The second-order valence-corrected chi connectivity index (χ2v) is 16.5. The van der Waals surface area contributed by atoms with Crippen molar-refractivity contribution < 1.29 is 63.5 Å². The van der Waals surface area contributed by atoms with E-state index in [1.165, 1.54) is 27.9 Å². The second kappa shape index (κ2) is 17.0. The number of cyclic esters (lactones) is 1. The molecule has 5 N–H and O–H groups in total. The molecule has 14 heteroatoms. The number of likely N-dealkylation sites (N-methyl/N-ethyl adjacent to an activating group) is 1. The predicted molar refractivity (Wildman–Crippen MR) is 186 cm³/mol. The van der Waals surface area contributed by atoms with Crippen molar-refractivity contribution in [2.45, 2.75) is 179 Å². The highest BCUT2D eigenvalue weighted by Gasteiger charge is 2.53. The van der Waals surface area contributed by atoms with Gasteiger partial charge in [-0.05, 0) is 74.9 Å². The first-order valence-electron chi connectivity index (χ1n) is 18.5. The highest BCUT2D eigenvalue weighted by molar-refractivity contribution is 5.83. The van der Waals surface area contributed by atoms with E-state index in [9.17, 15) is 35.1 Å². The van der Waals surface area contributed by atoms with E-state index in [1.807, 2.05) is 25.9 Å². The number of Topliss-reactive ketones (excluding diaryl/α,β-unsaturated/α-hetero) is 1. The molecule has 3 fully saturated rings. The Bertz CT molecular complexity index is 1170. The molecule has 14 nitrogen and oxygen atoms in total. The number of carbonyl (C=O) groups excluding carboxylic acids is 2. The molecule has 0 amide bonds. The van der Waals surface area contributed by atoms with E-state index in [0.717, 1.165) is 0 Å². The van der Waals surface area contributed by atoms with E-state index in [1.54, 1.807) is 41.5 Å². The van der Waals surface area contributed by atoms with Crippen molar-refractivity contribution in [3.63, 3.8) is 0 Å². The van der Waals surface area contributed by atoms with Gasteiger partial charge in [-0.3, -0.25) is 9.59 Å². The largest absolute Gasteiger partial charge is 0.459 e. The SMILES string of the molecule is CCC1OC(=O)C(C)C(OC2C[C@@](C)(OC)C(O)C(C)O2)C(C)C(OC2OC(C)CC(N(C)C)C2O)[C@](C)(O)CC(C)C(=O)C(C)C(O)[C@]1(C)O. The summed E-state index contributed by atoms with van der Waals surface area (Å²) in [7, 11) is 5.18. The second-order valence-electron chi connectivity index (χ2n) is 16.5. The van der Waals surface area contributed by atoms with Crippen molar-refractivity contribution in [3.05, 3.63) is 0 Å². The van der Waals surface area contributed by atoms with Crippen molar-refractivity contribution in [1.29, 1.82) is 0 Å². The Morgan fingerprint density at radius 2 is 1.49 bits per heavy atom. The summed E-state index contributed by atoms with van der Waals surface area (Å²) in [5.74, 6) is -4.98. The lowest BCUT2D eigenvalue weighted by Crippen LogP contribution is -2.61. The Morgan fingerprint density at radius 3 is 2.04 bits per heavy atom. The summed E-state index contributed by atoms with van der Waals surface area (Å²) in [5, 5.41) is 57.6. The van der Waals surface area contributed by atoms with E-state index in [2.05, 4.69) is 0 Å². The van der Waals surface area contributed by atoms with Gasteiger partial charge in [-0.15, -0.1) is 0 Å². The first-order chi connectivity index (χ1) is 23.4. The monoisotopic (exact) mass is 733 g/mol. The maximum Gasteiger partial charge on any atom is 0.311 e. The Balaban J connectivity index is 2.18. The summed E-state index contributed by atoms with van der Waals surface area (Å²) in [6.07, 6.45) is -9.71. The number of carbonyl (C=O) groups is 2. The maximum absolute atomic E-state index is 14.1. The van der Waals surface area contributed by atoms with Crippen LogP contribution in [0.4, 0.5) is 0 Å². The van der Waals surface area contributed by atoms with E-state index in [-0.39, 0.29) is 31.4 Å². The molecule has 0 aromatic rings. The standard InChI is InChI=1S/C37H67NO13/c1-14-25-37(10,45)30(41)20(4)27(39)18(2)16-35(8,44)32(51-34-28(40)24(38(11)12)15-19(3)47-34)21(5)29(22(6)33(43)49-25)50-26-17-36(9,46-13)31(42)23(7)48-26/h18-26,28-32,34,40-42,44-45H,14-17H2,1-13H3/t18?,19?,20?,21?,22?,23?,24?,25?,26?,28?,29?,30?,31?,32?,34?,35-,36-,37-/m1/s1. The van der Waals surface area contributed by atoms with Crippen molar-refractivity contribution in [1.82, 2.24) is 4.90 Å². The van der Waals surface area contributed by atoms with Gasteiger partial charge in [0.25, 0.3) is 0 Å². The lowest BCUT2D eigenvalue weighted by molar-refractivity contribution is -0.318. The third-order valence-electron chi connectivity index (χ3n) is 11.8. The third-order valence-corrected chi connectivity index (χ3v) is 11.8. The molecule has 15 unspecified atom stereocenters. The Hall–Kier alpha value is -1.30. The van der Waals surface area contributed by atoms with Gasteiger partial charge >= 0.3 is 5.97 Å². The van der Waals surface area contributed by atoms with Crippen LogP contribution in [0.1, 0.15) is 94.9 Å². The normalized spacial score (nSPS) is 49.7. The van der Waals surface area contributed by atoms with Gasteiger partial charge < -0.3 is 58.9 Å². The number of esters is 1. The number of ketones is 1. The van der Waals surface area contributed by atoms with Crippen LogP contribution in [0.5, 0.6) is 0 Å². The van der Waals surface area contributed by atoms with Crippen molar-refractivity contribution in [2.24, 2.45) is 23.7 Å². The number of aliphatic hydroxyl groups is 5. The Labute approximate surface area is 304 Å². The first kappa shape index (κ1) is 44.1. The van der Waals surface area contributed by atoms with E-state index < -0.39 is 108 Å². The number of hydrogen-bond donors (Lipinski definition) is 5. The maximum atomic E-state index is 14.1. The van der Waals surface area contributed by atoms with Gasteiger partial charge in [0.05, 0.1) is 47.6 Å². The summed E-state index contributed by atoms with van der Waals surface area (Å²) in [6.45, 7) is 16.3. The van der Waals surface area contributed by atoms with Gasteiger partial charge in [0, 0.05) is 37.3 Å².